The Bertz CT molecular complexity index is 554. The summed E-state index contributed by atoms with van der Waals surface area (Å²) in [4.78, 5) is 0. The average molecular weight is 259 g/mol. The molecule has 2 aromatic carbocycles. The molecule has 1 N–H and O–H groups in total. The van der Waals surface area contributed by atoms with Crippen LogP contribution in [0.2, 0.25) is 0 Å². The first-order valence-electron chi connectivity index (χ1n) is 6.27. The van der Waals surface area contributed by atoms with Crippen LogP contribution in [0.3, 0.4) is 0 Å². The van der Waals surface area contributed by atoms with E-state index in [-0.39, 0.29) is 5.82 Å². The highest BCUT2D eigenvalue weighted by molar-refractivity contribution is 5.29. The Morgan fingerprint density at radius 1 is 1.11 bits per heavy atom. The molecule has 0 aliphatic heterocycles. The van der Waals surface area contributed by atoms with E-state index in [0.29, 0.717) is 0 Å². The van der Waals surface area contributed by atoms with Crippen molar-refractivity contribution in [3.05, 3.63) is 65.0 Å². The normalized spacial score (nSPS) is 10.5. The van der Waals surface area contributed by atoms with Gasteiger partial charge in [-0.05, 0) is 47.9 Å². The van der Waals surface area contributed by atoms with Crippen LogP contribution in [0.15, 0.2) is 42.5 Å². The van der Waals surface area contributed by atoms with Gasteiger partial charge in [0.25, 0.3) is 0 Å². The maximum Gasteiger partial charge on any atom is 0.123 e. The lowest BCUT2D eigenvalue weighted by Gasteiger charge is -2.09. The molecule has 2 aromatic rings. The molecule has 0 unspecified atom stereocenters. The molecular formula is C16H18FNO. The molecule has 0 aliphatic carbocycles. The lowest BCUT2D eigenvalue weighted by Crippen LogP contribution is -2.13. The Morgan fingerprint density at radius 2 is 1.95 bits per heavy atom. The van der Waals surface area contributed by atoms with Crippen LogP contribution in [0.4, 0.5) is 4.39 Å². The molecule has 0 spiro atoms. The van der Waals surface area contributed by atoms with Crippen LogP contribution in [0, 0.1) is 12.7 Å². The van der Waals surface area contributed by atoms with Crippen molar-refractivity contribution in [1.29, 1.82) is 0 Å². The zero-order valence-corrected chi connectivity index (χ0v) is 11.2. The second-order valence-electron chi connectivity index (χ2n) is 4.53. The predicted molar refractivity (Wildman–Crippen MR) is 74.7 cm³/mol. The molecule has 0 heterocycles. The van der Waals surface area contributed by atoms with E-state index < -0.39 is 0 Å². The molecule has 100 valence electrons. The van der Waals surface area contributed by atoms with Crippen molar-refractivity contribution in [1.82, 2.24) is 5.32 Å². The van der Waals surface area contributed by atoms with Crippen molar-refractivity contribution >= 4 is 0 Å². The number of benzene rings is 2. The van der Waals surface area contributed by atoms with E-state index >= 15 is 0 Å². The van der Waals surface area contributed by atoms with Crippen molar-refractivity contribution < 1.29 is 9.13 Å². The van der Waals surface area contributed by atoms with Gasteiger partial charge in [0.05, 0.1) is 7.11 Å². The number of nitrogens with one attached hydrogen (secondary N) is 1. The van der Waals surface area contributed by atoms with Gasteiger partial charge >= 0.3 is 0 Å². The highest BCUT2D eigenvalue weighted by Gasteiger charge is 2.00. The van der Waals surface area contributed by atoms with E-state index in [1.54, 1.807) is 13.2 Å². The summed E-state index contributed by atoms with van der Waals surface area (Å²) in [6, 6.07) is 12.8. The van der Waals surface area contributed by atoms with Crippen LogP contribution in [0.25, 0.3) is 0 Å². The Kier molecular flexibility index (Phi) is 4.53. The van der Waals surface area contributed by atoms with E-state index in [1.165, 1.54) is 11.6 Å². The second-order valence-corrected chi connectivity index (χ2v) is 4.53. The minimum Gasteiger partial charge on any atom is -0.497 e. The number of methoxy groups -OCH3 is 1. The van der Waals surface area contributed by atoms with Crippen LogP contribution in [0.1, 0.15) is 16.7 Å². The molecule has 19 heavy (non-hydrogen) atoms. The summed E-state index contributed by atoms with van der Waals surface area (Å²) in [5.74, 6) is 0.673. The SMILES string of the molecule is COc1cccc(CNCc2ccc(F)cc2C)c1. The Balaban J connectivity index is 1.92. The first kappa shape index (κ1) is 13.6. The number of aryl methyl sites for hydroxylation is 1. The van der Waals surface area contributed by atoms with Gasteiger partial charge in [0, 0.05) is 13.1 Å². The van der Waals surface area contributed by atoms with Gasteiger partial charge in [-0.15, -0.1) is 0 Å². The van der Waals surface area contributed by atoms with Gasteiger partial charge in [-0.2, -0.15) is 0 Å². The topological polar surface area (TPSA) is 21.3 Å². The smallest absolute Gasteiger partial charge is 0.123 e. The fraction of sp³-hybridized carbons (Fsp3) is 0.250. The molecule has 2 rings (SSSR count). The Labute approximate surface area is 113 Å². The quantitative estimate of drug-likeness (QED) is 0.888. The molecule has 0 amide bonds. The van der Waals surface area contributed by atoms with Crippen LogP contribution in [-0.2, 0) is 13.1 Å². The fourth-order valence-electron chi connectivity index (χ4n) is 1.98. The van der Waals surface area contributed by atoms with Crippen molar-refractivity contribution in [2.24, 2.45) is 0 Å². The predicted octanol–water partition coefficient (Wildman–Crippen LogP) is 3.43. The number of halogens is 1. The minimum atomic E-state index is -0.186. The van der Waals surface area contributed by atoms with Crippen LogP contribution in [-0.4, -0.2) is 7.11 Å². The summed E-state index contributed by atoms with van der Waals surface area (Å²) in [7, 11) is 1.66. The summed E-state index contributed by atoms with van der Waals surface area (Å²) in [6.45, 7) is 3.41. The highest BCUT2D eigenvalue weighted by Crippen LogP contribution is 2.13. The average Bonchev–Trinajstić information content (AvgIpc) is 2.41. The van der Waals surface area contributed by atoms with Crippen molar-refractivity contribution in [3.8, 4) is 5.75 Å². The van der Waals surface area contributed by atoms with E-state index in [9.17, 15) is 4.39 Å². The van der Waals surface area contributed by atoms with E-state index in [4.69, 9.17) is 4.74 Å². The number of ether oxygens (including phenoxy) is 1. The lowest BCUT2D eigenvalue weighted by molar-refractivity contribution is 0.414. The summed E-state index contributed by atoms with van der Waals surface area (Å²) in [5.41, 5.74) is 3.25. The van der Waals surface area contributed by atoms with Crippen molar-refractivity contribution in [2.75, 3.05) is 7.11 Å². The Morgan fingerprint density at radius 3 is 2.68 bits per heavy atom. The van der Waals surface area contributed by atoms with Crippen LogP contribution in [0.5, 0.6) is 5.75 Å². The fourth-order valence-corrected chi connectivity index (χ4v) is 1.98. The van der Waals surface area contributed by atoms with Gasteiger partial charge in [-0.1, -0.05) is 18.2 Å². The molecule has 0 atom stereocenters. The molecule has 3 heteroatoms. The third-order valence-corrected chi connectivity index (χ3v) is 3.08. The van der Waals surface area contributed by atoms with Gasteiger partial charge in [-0.25, -0.2) is 4.39 Å². The van der Waals surface area contributed by atoms with Gasteiger partial charge in [0.1, 0.15) is 11.6 Å². The lowest BCUT2D eigenvalue weighted by atomic mass is 10.1. The molecule has 0 aromatic heterocycles. The first-order valence-corrected chi connectivity index (χ1v) is 6.27. The van der Waals surface area contributed by atoms with Gasteiger partial charge in [-0.3, -0.25) is 0 Å². The summed E-state index contributed by atoms with van der Waals surface area (Å²) < 4.78 is 18.2. The monoisotopic (exact) mass is 259 g/mol. The van der Waals surface area contributed by atoms with E-state index in [2.05, 4.69) is 5.32 Å². The summed E-state index contributed by atoms with van der Waals surface area (Å²) >= 11 is 0. The molecule has 2 nitrogen and oxygen atoms in total. The molecule has 0 radical (unpaired) electrons. The first-order chi connectivity index (χ1) is 9.19. The second kappa shape index (κ2) is 6.34. The molecule has 0 bridgehead atoms. The highest BCUT2D eigenvalue weighted by atomic mass is 19.1. The molecule has 0 fully saturated rings. The maximum atomic E-state index is 13.0. The zero-order valence-electron chi connectivity index (χ0n) is 11.2. The zero-order chi connectivity index (χ0) is 13.7. The van der Waals surface area contributed by atoms with Crippen LogP contribution < -0.4 is 10.1 Å². The van der Waals surface area contributed by atoms with Crippen molar-refractivity contribution in [2.45, 2.75) is 20.0 Å². The molecule has 0 saturated carbocycles. The maximum absolute atomic E-state index is 13.0. The van der Waals surface area contributed by atoms with E-state index in [1.807, 2.05) is 37.3 Å². The third-order valence-electron chi connectivity index (χ3n) is 3.08. The summed E-state index contributed by atoms with van der Waals surface area (Å²) in [5, 5.41) is 3.35. The van der Waals surface area contributed by atoms with Gasteiger partial charge < -0.3 is 10.1 Å². The Hall–Kier alpha value is -1.87. The number of rotatable bonds is 5. The molecular weight excluding hydrogens is 241 g/mol. The van der Waals surface area contributed by atoms with Crippen LogP contribution >= 0.6 is 0 Å². The van der Waals surface area contributed by atoms with Gasteiger partial charge in [0.15, 0.2) is 0 Å². The minimum absolute atomic E-state index is 0.186. The third kappa shape index (κ3) is 3.80. The standard InChI is InChI=1S/C16H18FNO/c1-12-8-15(17)7-6-14(12)11-18-10-13-4-3-5-16(9-13)19-2/h3-9,18H,10-11H2,1-2H3. The van der Waals surface area contributed by atoms with Gasteiger partial charge in [0.2, 0.25) is 0 Å². The van der Waals surface area contributed by atoms with Crippen molar-refractivity contribution in [3.63, 3.8) is 0 Å². The number of hydrogen-bond donors (Lipinski definition) is 1. The largest absolute Gasteiger partial charge is 0.497 e. The summed E-state index contributed by atoms with van der Waals surface area (Å²) in [6.07, 6.45) is 0. The number of hydrogen-bond acceptors (Lipinski definition) is 2. The van der Waals surface area contributed by atoms with E-state index in [0.717, 1.165) is 30.0 Å². The molecule has 0 aliphatic rings. The molecule has 0 saturated heterocycles.